The van der Waals surface area contributed by atoms with Crippen LogP contribution in [0.25, 0.3) is 164 Å². The van der Waals surface area contributed by atoms with Gasteiger partial charge in [0.1, 0.15) is 5.82 Å². The van der Waals surface area contributed by atoms with Crippen molar-refractivity contribution in [2.45, 2.75) is 0 Å². The Labute approximate surface area is 497 Å². The van der Waals surface area contributed by atoms with E-state index in [0.29, 0.717) is 0 Å². The molecule has 0 unspecified atom stereocenters. The second kappa shape index (κ2) is 20.2. The SMILES string of the molecule is c1cc(-c2ccc(-n3c4ccccc4c4ccccc43)cc2)cc(-c2ccc3c4ccccc4c4ccccc4c3c2)c1.c1cc(-c2ccc3c4ccccc4c4ccccc4c3c2)cc(-c2cccc(-n3c4ccccc4c4ccccc43)n2)c1. The van der Waals surface area contributed by atoms with Crippen LogP contribution < -0.4 is 0 Å². The van der Waals surface area contributed by atoms with Crippen molar-refractivity contribution in [3.05, 3.63) is 322 Å². The van der Waals surface area contributed by atoms with Gasteiger partial charge in [-0.15, -0.1) is 0 Å². The van der Waals surface area contributed by atoms with Crippen molar-refractivity contribution in [1.82, 2.24) is 14.1 Å². The topological polar surface area (TPSA) is 22.8 Å². The molecule has 0 saturated carbocycles. The molecule has 0 amide bonds. The van der Waals surface area contributed by atoms with Gasteiger partial charge in [0.2, 0.25) is 0 Å². The summed E-state index contributed by atoms with van der Waals surface area (Å²) in [5.41, 5.74) is 15.3. The van der Waals surface area contributed by atoms with Crippen molar-refractivity contribution in [3.63, 3.8) is 0 Å². The summed E-state index contributed by atoms with van der Waals surface area (Å²) in [4.78, 5) is 5.21. The largest absolute Gasteiger partial charge is 0.309 e. The van der Waals surface area contributed by atoms with Gasteiger partial charge in [-0.1, -0.05) is 249 Å². The highest BCUT2D eigenvalue weighted by molar-refractivity contribution is 6.27. The lowest BCUT2D eigenvalue weighted by Gasteiger charge is -2.13. The second-order valence-electron chi connectivity index (χ2n) is 22.5. The third kappa shape index (κ3) is 8.08. The van der Waals surface area contributed by atoms with Gasteiger partial charge in [-0.05, 0) is 171 Å². The van der Waals surface area contributed by atoms with Gasteiger partial charge in [0.05, 0.1) is 27.8 Å². The van der Waals surface area contributed by atoms with Crippen LogP contribution in [0.5, 0.6) is 0 Å². The molecule has 3 nitrogen and oxygen atoms in total. The number of fused-ring (bicyclic) bond motifs is 18. The molecule has 0 aliphatic rings. The van der Waals surface area contributed by atoms with Gasteiger partial charge in [-0.3, -0.25) is 4.57 Å². The van der Waals surface area contributed by atoms with Crippen LogP contribution in [0.1, 0.15) is 0 Å². The first-order valence-electron chi connectivity index (χ1n) is 29.6. The van der Waals surface area contributed by atoms with Crippen molar-refractivity contribution in [1.29, 1.82) is 0 Å². The molecule has 0 N–H and O–H groups in total. The molecule has 0 saturated heterocycles. The lowest BCUT2D eigenvalue weighted by atomic mass is 9.91. The molecule has 0 radical (unpaired) electrons. The van der Waals surface area contributed by atoms with E-state index in [0.717, 1.165) is 28.1 Å². The van der Waals surface area contributed by atoms with Crippen LogP contribution in [0.15, 0.2) is 322 Å². The van der Waals surface area contributed by atoms with Crippen molar-refractivity contribution in [3.8, 4) is 56.1 Å². The summed E-state index contributed by atoms with van der Waals surface area (Å²) in [6, 6.07) is 116. The van der Waals surface area contributed by atoms with E-state index in [1.54, 1.807) is 0 Å². The van der Waals surface area contributed by atoms with Gasteiger partial charge in [0.25, 0.3) is 0 Å². The van der Waals surface area contributed by atoms with E-state index < -0.39 is 0 Å². The fourth-order valence-corrected chi connectivity index (χ4v) is 13.8. The molecular formula is C83H53N3. The van der Waals surface area contributed by atoms with E-state index in [2.05, 4.69) is 331 Å². The van der Waals surface area contributed by atoms with Gasteiger partial charge < -0.3 is 4.57 Å². The first-order chi connectivity index (χ1) is 42.7. The number of hydrogen-bond acceptors (Lipinski definition) is 1. The van der Waals surface area contributed by atoms with Crippen LogP contribution in [0.2, 0.25) is 0 Å². The van der Waals surface area contributed by atoms with Crippen molar-refractivity contribution in [2.24, 2.45) is 0 Å². The summed E-state index contributed by atoms with van der Waals surface area (Å²) in [6.07, 6.45) is 0. The van der Waals surface area contributed by atoms with Crippen LogP contribution in [-0.2, 0) is 0 Å². The predicted molar refractivity (Wildman–Crippen MR) is 366 cm³/mol. The minimum absolute atomic E-state index is 0.921. The van der Waals surface area contributed by atoms with Crippen molar-refractivity contribution in [2.75, 3.05) is 0 Å². The lowest BCUT2D eigenvalue weighted by molar-refractivity contribution is 1.08. The molecule has 0 fully saturated rings. The summed E-state index contributed by atoms with van der Waals surface area (Å²) in [5, 5.41) is 20.6. The van der Waals surface area contributed by atoms with Crippen molar-refractivity contribution < 1.29 is 0 Å². The molecule has 3 heteroatoms. The Morgan fingerprint density at radius 2 is 0.465 bits per heavy atom. The van der Waals surface area contributed by atoms with Crippen LogP contribution in [0.3, 0.4) is 0 Å². The van der Waals surface area contributed by atoms with E-state index in [4.69, 9.17) is 4.98 Å². The highest BCUT2D eigenvalue weighted by Crippen LogP contribution is 2.41. The zero-order chi connectivity index (χ0) is 56.7. The van der Waals surface area contributed by atoms with E-state index in [1.165, 1.54) is 136 Å². The smallest absolute Gasteiger partial charge is 0.138 e. The van der Waals surface area contributed by atoms with Gasteiger partial charge >= 0.3 is 0 Å². The standard InChI is InChI=1S/C42H27N.C41H26N2/c1-2-14-35-33(12-1)34-13-3-4-15-36(34)40-27-31(22-25-37(35)40)30-11-9-10-29(26-30)28-20-23-32(24-21-28)43-41-18-7-5-16-38(41)39-17-6-8-19-42(39)43;1-2-15-32-30(13-1)31-14-3-4-16-33(31)37-26-28(23-24-34(32)37)27-11-9-12-29(25-27)38-19-10-22-41(42-38)43-39-20-7-5-17-35(39)36-18-6-8-21-40(36)43/h1-27H;1-26H. The highest BCUT2D eigenvalue weighted by atomic mass is 15.1. The zero-order valence-electron chi connectivity index (χ0n) is 46.9. The predicted octanol–water partition coefficient (Wildman–Crippen LogP) is 22.5. The lowest BCUT2D eigenvalue weighted by Crippen LogP contribution is -1.98. The molecule has 0 aliphatic carbocycles. The number of pyridine rings is 1. The molecule has 86 heavy (non-hydrogen) atoms. The molecule has 15 aromatic carbocycles. The zero-order valence-corrected chi connectivity index (χ0v) is 46.9. The van der Waals surface area contributed by atoms with Crippen molar-refractivity contribution >= 4 is 108 Å². The molecule has 3 aromatic heterocycles. The fourth-order valence-electron chi connectivity index (χ4n) is 13.8. The Hall–Kier alpha value is -11.4. The average molecular weight is 1090 g/mol. The first-order valence-corrected chi connectivity index (χ1v) is 29.6. The first kappa shape index (κ1) is 49.2. The Balaban J connectivity index is 0.000000134. The number of para-hydroxylation sites is 4. The minimum Gasteiger partial charge on any atom is -0.309 e. The Kier molecular flexibility index (Phi) is 11.6. The van der Waals surface area contributed by atoms with E-state index in [9.17, 15) is 0 Å². The number of aromatic nitrogens is 3. The summed E-state index contributed by atoms with van der Waals surface area (Å²) in [5.74, 6) is 0.921. The summed E-state index contributed by atoms with van der Waals surface area (Å²) in [7, 11) is 0. The fraction of sp³-hybridized carbons (Fsp3) is 0. The Morgan fingerprint density at radius 3 is 0.884 bits per heavy atom. The summed E-state index contributed by atoms with van der Waals surface area (Å²) < 4.78 is 4.64. The Morgan fingerprint density at radius 1 is 0.174 bits per heavy atom. The van der Waals surface area contributed by atoms with Crippen LogP contribution in [-0.4, -0.2) is 14.1 Å². The number of nitrogens with zero attached hydrogens (tertiary/aromatic N) is 3. The third-order valence-electron chi connectivity index (χ3n) is 17.8. The van der Waals surface area contributed by atoms with E-state index >= 15 is 0 Å². The van der Waals surface area contributed by atoms with Crippen LogP contribution in [0.4, 0.5) is 0 Å². The van der Waals surface area contributed by atoms with Crippen LogP contribution in [0, 0.1) is 0 Å². The quantitative estimate of drug-likeness (QED) is 0.152. The normalized spacial score (nSPS) is 11.7. The number of hydrogen-bond donors (Lipinski definition) is 0. The molecule has 0 aliphatic heterocycles. The summed E-state index contributed by atoms with van der Waals surface area (Å²) in [6.45, 7) is 0. The van der Waals surface area contributed by atoms with Gasteiger partial charge in [-0.2, -0.15) is 0 Å². The highest BCUT2D eigenvalue weighted by Gasteiger charge is 2.17. The molecular weight excluding hydrogens is 1040 g/mol. The monoisotopic (exact) mass is 1090 g/mol. The maximum atomic E-state index is 5.21. The Bertz CT molecular complexity index is 5550. The maximum Gasteiger partial charge on any atom is 0.138 e. The van der Waals surface area contributed by atoms with Gasteiger partial charge in [-0.25, -0.2) is 4.98 Å². The molecule has 18 aromatic rings. The number of rotatable bonds is 6. The molecule has 400 valence electrons. The number of benzene rings is 15. The molecule has 18 rings (SSSR count). The molecule has 0 atom stereocenters. The third-order valence-corrected chi connectivity index (χ3v) is 17.8. The summed E-state index contributed by atoms with van der Waals surface area (Å²) >= 11 is 0. The molecule has 0 spiro atoms. The molecule has 0 bridgehead atoms. The van der Waals surface area contributed by atoms with Crippen LogP contribution >= 0.6 is 0 Å². The average Bonchev–Trinajstić information content (AvgIpc) is 1.80. The molecule has 3 heterocycles. The van der Waals surface area contributed by atoms with E-state index in [1.807, 2.05) is 0 Å². The van der Waals surface area contributed by atoms with Gasteiger partial charge in [0.15, 0.2) is 0 Å². The minimum atomic E-state index is 0.921. The maximum absolute atomic E-state index is 5.21. The van der Waals surface area contributed by atoms with Gasteiger partial charge in [0, 0.05) is 32.8 Å². The second-order valence-corrected chi connectivity index (χ2v) is 22.5. The van der Waals surface area contributed by atoms with E-state index in [-0.39, 0.29) is 0 Å².